The normalized spacial score (nSPS) is 15.7. The highest BCUT2D eigenvalue weighted by molar-refractivity contribution is 7.92. The number of rotatable bonds is 6. The number of sulfonamides is 1. The SMILES string of the molecule is CC(C)c1ccc(S(=O)(=O)Nc2ccc(N(C)C3CCCCC3)nc2)cc1. The highest BCUT2D eigenvalue weighted by Crippen LogP contribution is 2.26. The minimum absolute atomic E-state index is 0.260. The van der Waals surface area contributed by atoms with Crippen molar-refractivity contribution in [3.05, 3.63) is 48.2 Å². The molecule has 1 fully saturated rings. The number of aromatic nitrogens is 1. The number of hydrogen-bond donors (Lipinski definition) is 1. The summed E-state index contributed by atoms with van der Waals surface area (Å²) < 4.78 is 27.8. The van der Waals surface area contributed by atoms with Crippen LogP contribution in [0, 0.1) is 0 Å². The molecule has 1 aliphatic rings. The fraction of sp³-hybridized carbons (Fsp3) is 0.476. The molecule has 1 aliphatic carbocycles. The van der Waals surface area contributed by atoms with Crippen LogP contribution in [0.25, 0.3) is 0 Å². The van der Waals surface area contributed by atoms with Gasteiger partial charge in [-0.1, -0.05) is 45.2 Å². The van der Waals surface area contributed by atoms with E-state index in [1.807, 2.05) is 18.2 Å². The Labute approximate surface area is 162 Å². The van der Waals surface area contributed by atoms with Crippen LogP contribution in [0.2, 0.25) is 0 Å². The Balaban J connectivity index is 1.69. The highest BCUT2D eigenvalue weighted by atomic mass is 32.2. The number of nitrogens with one attached hydrogen (secondary N) is 1. The molecule has 0 unspecified atom stereocenters. The molecule has 5 nitrogen and oxygen atoms in total. The van der Waals surface area contributed by atoms with Crippen molar-refractivity contribution in [3.63, 3.8) is 0 Å². The quantitative estimate of drug-likeness (QED) is 0.775. The van der Waals surface area contributed by atoms with Gasteiger partial charge >= 0.3 is 0 Å². The van der Waals surface area contributed by atoms with Crippen molar-refractivity contribution in [2.45, 2.75) is 62.8 Å². The maximum Gasteiger partial charge on any atom is 0.261 e. The van der Waals surface area contributed by atoms with Gasteiger partial charge in [-0.15, -0.1) is 0 Å². The molecule has 0 atom stereocenters. The maximum atomic E-state index is 12.6. The lowest BCUT2D eigenvalue weighted by Crippen LogP contribution is -2.33. The third-order valence-corrected chi connectivity index (χ3v) is 6.74. The molecule has 1 saturated carbocycles. The molecular weight excluding hydrogens is 358 g/mol. The Morgan fingerprint density at radius 3 is 2.26 bits per heavy atom. The molecule has 1 aromatic heterocycles. The van der Waals surface area contributed by atoms with Crippen LogP contribution < -0.4 is 9.62 Å². The van der Waals surface area contributed by atoms with Gasteiger partial charge in [0.15, 0.2) is 0 Å². The molecular formula is C21H29N3O2S. The second-order valence-electron chi connectivity index (χ2n) is 7.64. The van der Waals surface area contributed by atoms with Crippen molar-refractivity contribution in [1.29, 1.82) is 0 Å². The van der Waals surface area contributed by atoms with E-state index in [1.165, 1.54) is 32.1 Å². The van der Waals surface area contributed by atoms with Crippen molar-refractivity contribution in [2.24, 2.45) is 0 Å². The molecule has 0 bridgehead atoms. The van der Waals surface area contributed by atoms with E-state index in [2.05, 4.69) is 35.5 Å². The van der Waals surface area contributed by atoms with E-state index < -0.39 is 10.0 Å². The van der Waals surface area contributed by atoms with E-state index in [0.29, 0.717) is 17.6 Å². The minimum Gasteiger partial charge on any atom is -0.357 e. The van der Waals surface area contributed by atoms with Gasteiger partial charge in [0.1, 0.15) is 5.82 Å². The van der Waals surface area contributed by atoms with Gasteiger partial charge in [-0.2, -0.15) is 0 Å². The molecule has 0 saturated heterocycles. The zero-order valence-corrected chi connectivity index (χ0v) is 17.2. The molecule has 2 aromatic rings. The molecule has 0 spiro atoms. The first-order valence-corrected chi connectivity index (χ1v) is 11.2. The van der Waals surface area contributed by atoms with E-state index in [9.17, 15) is 8.42 Å². The molecule has 146 valence electrons. The zero-order valence-electron chi connectivity index (χ0n) is 16.4. The van der Waals surface area contributed by atoms with Crippen molar-refractivity contribution in [2.75, 3.05) is 16.7 Å². The summed E-state index contributed by atoms with van der Waals surface area (Å²) >= 11 is 0. The Morgan fingerprint density at radius 1 is 1.04 bits per heavy atom. The van der Waals surface area contributed by atoms with E-state index in [4.69, 9.17) is 0 Å². The summed E-state index contributed by atoms with van der Waals surface area (Å²) in [5.74, 6) is 1.25. The zero-order chi connectivity index (χ0) is 19.4. The molecule has 0 aliphatic heterocycles. The molecule has 6 heteroatoms. The minimum atomic E-state index is -3.61. The Bertz CT molecular complexity index is 840. The largest absolute Gasteiger partial charge is 0.357 e. The van der Waals surface area contributed by atoms with Gasteiger partial charge in [-0.05, 0) is 48.6 Å². The average molecular weight is 388 g/mol. The number of hydrogen-bond acceptors (Lipinski definition) is 4. The molecule has 27 heavy (non-hydrogen) atoms. The van der Waals surface area contributed by atoms with Crippen molar-refractivity contribution in [1.82, 2.24) is 4.98 Å². The monoisotopic (exact) mass is 387 g/mol. The summed E-state index contributed by atoms with van der Waals surface area (Å²) in [4.78, 5) is 6.94. The first-order chi connectivity index (χ1) is 12.9. The Morgan fingerprint density at radius 2 is 1.70 bits per heavy atom. The average Bonchev–Trinajstić information content (AvgIpc) is 2.68. The van der Waals surface area contributed by atoms with Gasteiger partial charge in [0, 0.05) is 13.1 Å². The first-order valence-electron chi connectivity index (χ1n) is 9.68. The second kappa shape index (κ2) is 8.30. The number of anilines is 2. The second-order valence-corrected chi connectivity index (χ2v) is 9.32. The fourth-order valence-electron chi connectivity index (χ4n) is 3.56. The molecule has 3 rings (SSSR count). The van der Waals surface area contributed by atoms with Crippen LogP contribution in [0.15, 0.2) is 47.5 Å². The maximum absolute atomic E-state index is 12.6. The van der Waals surface area contributed by atoms with Gasteiger partial charge in [0.25, 0.3) is 10.0 Å². The van der Waals surface area contributed by atoms with Crippen LogP contribution >= 0.6 is 0 Å². The summed E-state index contributed by atoms with van der Waals surface area (Å²) in [5.41, 5.74) is 1.59. The van der Waals surface area contributed by atoms with Crippen LogP contribution in [0.1, 0.15) is 57.4 Å². The molecule has 1 N–H and O–H groups in total. The van der Waals surface area contributed by atoms with Gasteiger partial charge in [-0.3, -0.25) is 4.72 Å². The van der Waals surface area contributed by atoms with Gasteiger partial charge < -0.3 is 4.90 Å². The van der Waals surface area contributed by atoms with Crippen molar-refractivity contribution in [3.8, 4) is 0 Å². The molecule has 0 radical (unpaired) electrons. The predicted octanol–water partition coefficient (Wildman–Crippen LogP) is 4.77. The molecule has 1 aromatic carbocycles. The van der Waals surface area contributed by atoms with Gasteiger partial charge in [-0.25, -0.2) is 13.4 Å². The third kappa shape index (κ3) is 4.80. The van der Waals surface area contributed by atoms with E-state index in [0.717, 1.165) is 11.4 Å². The van der Waals surface area contributed by atoms with Crippen LogP contribution in [0.5, 0.6) is 0 Å². The van der Waals surface area contributed by atoms with Crippen LogP contribution in [-0.2, 0) is 10.0 Å². The van der Waals surface area contributed by atoms with E-state index in [-0.39, 0.29) is 4.90 Å². The fourth-order valence-corrected chi connectivity index (χ4v) is 4.60. The van der Waals surface area contributed by atoms with Crippen LogP contribution in [0.3, 0.4) is 0 Å². The number of benzene rings is 1. The Kier molecular flexibility index (Phi) is 6.05. The third-order valence-electron chi connectivity index (χ3n) is 5.34. The smallest absolute Gasteiger partial charge is 0.261 e. The molecule has 1 heterocycles. The number of nitrogens with zero attached hydrogens (tertiary/aromatic N) is 2. The summed E-state index contributed by atoms with van der Waals surface area (Å²) in [6, 6.07) is 11.2. The summed E-state index contributed by atoms with van der Waals surface area (Å²) in [6.07, 6.45) is 7.83. The summed E-state index contributed by atoms with van der Waals surface area (Å²) in [6.45, 7) is 4.17. The van der Waals surface area contributed by atoms with Gasteiger partial charge in [0.2, 0.25) is 0 Å². The van der Waals surface area contributed by atoms with Crippen LogP contribution in [-0.4, -0.2) is 26.5 Å². The topological polar surface area (TPSA) is 62.3 Å². The van der Waals surface area contributed by atoms with Crippen molar-refractivity contribution >= 4 is 21.5 Å². The lowest BCUT2D eigenvalue weighted by atomic mass is 9.94. The van der Waals surface area contributed by atoms with Crippen LogP contribution in [0.4, 0.5) is 11.5 Å². The predicted molar refractivity (Wildman–Crippen MR) is 111 cm³/mol. The van der Waals surface area contributed by atoms with Gasteiger partial charge in [0.05, 0.1) is 16.8 Å². The summed E-state index contributed by atoms with van der Waals surface area (Å²) in [7, 11) is -1.55. The first kappa shape index (κ1) is 19.7. The lowest BCUT2D eigenvalue weighted by Gasteiger charge is -2.32. The van der Waals surface area contributed by atoms with Crippen molar-refractivity contribution < 1.29 is 8.42 Å². The standard InChI is InChI=1S/C21H29N3O2S/c1-16(2)17-9-12-20(13-10-17)27(25,26)23-18-11-14-21(22-15-18)24(3)19-7-5-4-6-8-19/h9-16,19,23H,4-8H2,1-3H3. The van der Waals surface area contributed by atoms with E-state index >= 15 is 0 Å². The Hall–Kier alpha value is -2.08. The number of pyridine rings is 1. The molecule has 0 amide bonds. The van der Waals surface area contributed by atoms with E-state index in [1.54, 1.807) is 24.4 Å². The highest BCUT2D eigenvalue weighted by Gasteiger charge is 2.19. The lowest BCUT2D eigenvalue weighted by molar-refractivity contribution is 0.426. The summed E-state index contributed by atoms with van der Waals surface area (Å²) in [5, 5.41) is 0.